The first kappa shape index (κ1) is 12.7. The minimum Gasteiger partial charge on any atom is -0.438 e. The largest absolute Gasteiger partial charge is 0.438 e. The van der Waals surface area contributed by atoms with Crippen LogP contribution in [0.5, 0.6) is 11.6 Å². The van der Waals surface area contributed by atoms with Gasteiger partial charge in [-0.15, -0.1) is 0 Å². The Hall–Kier alpha value is -2.70. The first-order chi connectivity index (χ1) is 9.10. The number of nitrogens with zero attached hydrogens (tertiary/aromatic N) is 3. The highest BCUT2D eigenvalue weighted by Crippen LogP contribution is 2.28. The quantitative estimate of drug-likeness (QED) is 0.671. The number of non-ortho nitro benzene ring substituents is 1. The number of nitro groups is 1. The van der Waals surface area contributed by atoms with E-state index < -0.39 is 4.92 Å². The van der Waals surface area contributed by atoms with Crippen LogP contribution in [0.4, 0.5) is 11.6 Å². The third-order valence-electron chi connectivity index (χ3n) is 2.45. The highest BCUT2D eigenvalue weighted by molar-refractivity contribution is 5.45. The van der Waals surface area contributed by atoms with E-state index in [-0.39, 0.29) is 5.69 Å². The standard InChI is InChI=1S/C12H12N4O3/c1-8-3-4-9(16(17)18)7-10(8)19-11-5-6-14-12(13-2)15-11/h3-7H,1-2H3,(H,13,14,15). The van der Waals surface area contributed by atoms with Crippen LogP contribution in [0.15, 0.2) is 30.5 Å². The topological polar surface area (TPSA) is 90.2 Å². The summed E-state index contributed by atoms with van der Waals surface area (Å²) in [5.41, 5.74) is 0.763. The van der Waals surface area contributed by atoms with Crippen LogP contribution in [0.25, 0.3) is 0 Å². The zero-order valence-electron chi connectivity index (χ0n) is 10.5. The van der Waals surface area contributed by atoms with Crippen LogP contribution in [-0.2, 0) is 0 Å². The molecule has 1 heterocycles. The molecule has 0 saturated carbocycles. The molecule has 0 aliphatic rings. The van der Waals surface area contributed by atoms with E-state index >= 15 is 0 Å². The fraction of sp³-hybridized carbons (Fsp3) is 0.167. The monoisotopic (exact) mass is 260 g/mol. The summed E-state index contributed by atoms with van der Waals surface area (Å²) in [5, 5.41) is 13.5. The van der Waals surface area contributed by atoms with Crippen LogP contribution >= 0.6 is 0 Å². The lowest BCUT2D eigenvalue weighted by Crippen LogP contribution is -1.98. The average molecular weight is 260 g/mol. The minimum atomic E-state index is -0.467. The molecule has 0 aliphatic heterocycles. The molecule has 1 N–H and O–H groups in total. The number of hydrogen-bond donors (Lipinski definition) is 1. The second-order valence-corrected chi connectivity index (χ2v) is 3.78. The number of nitrogens with one attached hydrogen (secondary N) is 1. The number of ether oxygens (including phenoxy) is 1. The number of aromatic nitrogens is 2. The average Bonchev–Trinajstić information content (AvgIpc) is 2.41. The van der Waals surface area contributed by atoms with E-state index in [4.69, 9.17) is 4.74 Å². The van der Waals surface area contributed by atoms with Gasteiger partial charge in [-0.1, -0.05) is 0 Å². The van der Waals surface area contributed by atoms with Crippen molar-refractivity contribution in [1.29, 1.82) is 0 Å². The van der Waals surface area contributed by atoms with E-state index in [1.54, 1.807) is 32.3 Å². The van der Waals surface area contributed by atoms with Crippen LogP contribution in [0.3, 0.4) is 0 Å². The van der Waals surface area contributed by atoms with Gasteiger partial charge in [0.05, 0.1) is 11.0 Å². The fourth-order valence-corrected chi connectivity index (χ4v) is 1.44. The summed E-state index contributed by atoms with van der Waals surface area (Å²) in [6.07, 6.45) is 1.54. The maximum Gasteiger partial charge on any atom is 0.273 e. The number of rotatable bonds is 4. The van der Waals surface area contributed by atoms with Crippen molar-refractivity contribution in [1.82, 2.24) is 9.97 Å². The molecule has 0 aliphatic carbocycles. The molecule has 0 atom stereocenters. The van der Waals surface area contributed by atoms with Crippen molar-refractivity contribution in [3.63, 3.8) is 0 Å². The first-order valence-electron chi connectivity index (χ1n) is 5.54. The number of hydrogen-bond acceptors (Lipinski definition) is 6. The van der Waals surface area contributed by atoms with Crippen molar-refractivity contribution in [2.45, 2.75) is 6.92 Å². The van der Waals surface area contributed by atoms with Gasteiger partial charge in [-0.2, -0.15) is 4.98 Å². The van der Waals surface area contributed by atoms with E-state index in [1.165, 1.54) is 12.1 Å². The Kier molecular flexibility index (Phi) is 3.56. The molecule has 0 amide bonds. The van der Waals surface area contributed by atoms with Crippen LogP contribution in [-0.4, -0.2) is 21.9 Å². The maximum absolute atomic E-state index is 10.7. The molecule has 0 radical (unpaired) electrons. The van der Waals surface area contributed by atoms with Crippen molar-refractivity contribution >= 4 is 11.6 Å². The lowest BCUT2D eigenvalue weighted by molar-refractivity contribution is -0.384. The zero-order valence-corrected chi connectivity index (χ0v) is 10.5. The Labute approximate surface area is 109 Å². The van der Waals surface area contributed by atoms with Crippen molar-refractivity contribution in [3.8, 4) is 11.6 Å². The second-order valence-electron chi connectivity index (χ2n) is 3.78. The van der Waals surface area contributed by atoms with Crippen molar-refractivity contribution < 1.29 is 9.66 Å². The highest BCUT2D eigenvalue weighted by atomic mass is 16.6. The summed E-state index contributed by atoms with van der Waals surface area (Å²) < 4.78 is 5.55. The van der Waals surface area contributed by atoms with Crippen molar-refractivity contribution in [3.05, 3.63) is 46.1 Å². The summed E-state index contributed by atoms with van der Waals surface area (Å²) in [6, 6.07) is 6.02. The predicted molar refractivity (Wildman–Crippen MR) is 69.5 cm³/mol. The van der Waals surface area contributed by atoms with E-state index in [0.717, 1.165) is 5.56 Å². The molecule has 1 aromatic carbocycles. The van der Waals surface area contributed by atoms with Gasteiger partial charge in [0, 0.05) is 25.4 Å². The van der Waals surface area contributed by atoms with Gasteiger partial charge in [0.2, 0.25) is 11.8 Å². The van der Waals surface area contributed by atoms with Crippen LogP contribution in [0.1, 0.15) is 5.56 Å². The Morgan fingerprint density at radius 1 is 1.37 bits per heavy atom. The van der Waals surface area contributed by atoms with Crippen molar-refractivity contribution in [2.24, 2.45) is 0 Å². The lowest BCUT2D eigenvalue weighted by atomic mass is 10.2. The lowest BCUT2D eigenvalue weighted by Gasteiger charge is -2.08. The summed E-state index contributed by atoms with van der Waals surface area (Å²) in [4.78, 5) is 18.3. The van der Waals surface area contributed by atoms with Crippen LogP contribution in [0.2, 0.25) is 0 Å². The summed E-state index contributed by atoms with van der Waals surface area (Å²) >= 11 is 0. The second kappa shape index (κ2) is 5.30. The molecular formula is C12H12N4O3. The highest BCUT2D eigenvalue weighted by Gasteiger charge is 2.11. The van der Waals surface area contributed by atoms with E-state index in [2.05, 4.69) is 15.3 Å². The molecule has 2 rings (SSSR count). The SMILES string of the molecule is CNc1nccc(Oc2cc([N+](=O)[O-])ccc2C)n1. The van der Waals surface area contributed by atoms with Gasteiger partial charge in [-0.3, -0.25) is 10.1 Å². The normalized spacial score (nSPS) is 10.0. The minimum absolute atomic E-state index is 0.0245. The van der Waals surface area contributed by atoms with E-state index in [1.807, 2.05) is 0 Å². The third kappa shape index (κ3) is 2.95. The third-order valence-corrected chi connectivity index (χ3v) is 2.45. The van der Waals surface area contributed by atoms with Crippen molar-refractivity contribution in [2.75, 3.05) is 12.4 Å². The first-order valence-corrected chi connectivity index (χ1v) is 5.54. The number of aryl methyl sites for hydroxylation is 1. The molecular weight excluding hydrogens is 248 g/mol. The van der Waals surface area contributed by atoms with Gasteiger partial charge >= 0.3 is 0 Å². The Morgan fingerprint density at radius 3 is 2.84 bits per heavy atom. The molecule has 0 bridgehead atoms. The Bertz CT molecular complexity index is 616. The number of benzene rings is 1. The molecule has 1 aromatic heterocycles. The molecule has 2 aromatic rings. The van der Waals surface area contributed by atoms with Gasteiger partial charge in [0.1, 0.15) is 5.75 Å². The molecule has 0 saturated heterocycles. The maximum atomic E-state index is 10.7. The molecule has 98 valence electrons. The van der Waals surface area contributed by atoms with Gasteiger partial charge in [0.15, 0.2) is 0 Å². The fourth-order valence-electron chi connectivity index (χ4n) is 1.44. The summed E-state index contributed by atoms with van der Waals surface area (Å²) in [5.74, 6) is 1.14. The number of anilines is 1. The molecule has 7 nitrogen and oxygen atoms in total. The van der Waals surface area contributed by atoms with Crippen LogP contribution in [0, 0.1) is 17.0 Å². The molecule has 0 spiro atoms. The molecule has 19 heavy (non-hydrogen) atoms. The smallest absolute Gasteiger partial charge is 0.273 e. The Balaban J connectivity index is 2.31. The van der Waals surface area contributed by atoms with Crippen LogP contribution < -0.4 is 10.1 Å². The zero-order chi connectivity index (χ0) is 13.8. The van der Waals surface area contributed by atoms with E-state index in [9.17, 15) is 10.1 Å². The van der Waals surface area contributed by atoms with Gasteiger partial charge in [-0.05, 0) is 18.6 Å². The summed E-state index contributed by atoms with van der Waals surface area (Å²) in [7, 11) is 1.69. The van der Waals surface area contributed by atoms with Gasteiger partial charge in [0.25, 0.3) is 5.69 Å². The Morgan fingerprint density at radius 2 is 2.16 bits per heavy atom. The molecule has 0 fully saturated rings. The number of nitro benzene ring substituents is 1. The summed E-state index contributed by atoms with van der Waals surface area (Å²) in [6.45, 7) is 1.80. The van der Waals surface area contributed by atoms with E-state index in [0.29, 0.717) is 17.6 Å². The molecule has 7 heteroatoms. The molecule has 0 unspecified atom stereocenters. The van der Waals surface area contributed by atoms with Gasteiger partial charge in [-0.25, -0.2) is 4.98 Å². The predicted octanol–water partition coefficient (Wildman–Crippen LogP) is 2.53. The van der Waals surface area contributed by atoms with Gasteiger partial charge < -0.3 is 10.1 Å².